The smallest absolute Gasteiger partial charge is 0.238 e. The van der Waals surface area contributed by atoms with Crippen molar-refractivity contribution in [1.29, 1.82) is 0 Å². The van der Waals surface area contributed by atoms with E-state index in [2.05, 4.69) is 13.0 Å². The molecule has 2 aromatic carbocycles. The molecule has 2 aromatic rings. The predicted octanol–water partition coefficient (Wildman–Crippen LogP) is 3.54. The number of benzene rings is 2. The fraction of sp³-hybridized carbons (Fsp3) is 0.300. The molecule has 1 saturated carbocycles. The van der Waals surface area contributed by atoms with Crippen molar-refractivity contribution in [3.8, 4) is 0 Å². The van der Waals surface area contributed by atoms with Gasteiger partial charge in [-0.15, -0.1) is 0 Å². The van der Waals surface area contributed by atoms with Gasteiger partial charge >= 0.3 is 0 Å². The molecule has 3 heteroatoms. The molecular weight excluding hydrogens is 286 g/mol. The third kappa shape index (κ3) is 1.55. The number of nitrogens with zero attached hydrogens (tertiary/aromatic N) is 1. The second-order valence-electron chi connectivity index (χ2n) is 6.98. The maximum atomic E-state index is 13.1. The van der Waals surface area contributed by atoms with Crippen molar-refractivity contribution in [2.75, 3.05) is 4.90 Å². The first-order chi connectivity index (χ1) is 11.2. The van der Waals surface area contributed by atoms with E-state index in [0.29, 0.717) is 0 Å². The zero-order valence-corrected chi connectivity index (χ0v) is 12.9. The summed E-state index contributed by atoms with van der Waals surface area (Å²) in [4.78, 5) is 27.5. The van der Waals surface area contributed by atoms with Gasteiger partial charge in [0.1, 0.15) is 0 Å². The van der Waals surface area contributed by atoms with E-state index in [4.69, 9.17) is 0 Å². The van der Waals surface area contributed by atoms with Crippen molar-refractivity contribution < 1.29 is 9.59 Å². The Labute approximate surface area is 134 Å². The highest BCUT2D eigenvalue weighted by atomic mass is 16.2. The Balaban J connectivity index is 1.65. The summed E-state index contributed by atoms with van der Waals surface area (Å²) in [5.74, 6) is 0.221. The van der Waals surface area contributed by atoms with E-state index in [0.717, 1.165) is 22.9 Å². The molecule has 0 N–H and O–H groups in total. The number of allylic oxidation sites excluding steroid dienone is 2. The molecule has 1 heterocycles. The largest absolute Gasteiger partial charge is 0.274 e. The lowest BCUT2D eigenvalue weighted by Gasteiger charge is -2.20. The molecule has 2 aliphatic carbocycles. The molecule has 0 unspecified atom stereocenters. The van der Waals surface area contributed by atoms with E-state index in [9.17, 15) is 9.59 Å². The third-order valence-electron chi connectivity index (χ3n) is 5.89. The third-order valence-corrected chi connectivity index (χ3v) is 5.89. The van der Waals surface area contributed by atoms with Crippen LogP contribution in [0.5, 0.6) is 0 Å². The number of hydrogen-bond acceptors (Lipinski definition) is 2. The average molecular weight is 303 g/mol. The van der Waals surface area contributed by atoms with Crippen LogP contribution in [0.3, 0.4) is 0 Å². The maximum absolute atomic E-state index is 13.1. The number of fused-ring (bicyclic) bond motifs is 6. The molecule has 1 aliphatic heterocycles. The lowest BCUT2D eigenvalue weighted by molar-refractivity contribution is -0.123. The van der Waals surface area contributed by atoms with E-state index in [1.807, 2.05) is 42.5 Å². The van der Waals surface area contributed by atoms with Crippen LogP contribution in [0.25, 0.3) is 10.8 Å². The summed E-state index contributed by atoms with van der Waals surface area (Å²) >= 11 is 0. The Bertz CT molecular complexity index is 892. The molecule has 114 valence electrons. The number of imide groups is 1. The highest BCUT2D eigenvalue weighted by molar-refractivity contribution is 6.25. The molecule has 3 aliphatic rings. The van der Waals surface area contributed by atoms with Gasteiger partial charge in [0, 0.05) is 5.39 Å². The zero-order valence-electron chi connectivity index (χ0n) is 12.9. The minimum atomic E-state index is -0.143. The quantitative estimate of drug-likeness (QED) is 0.597. The summed E-state index contributed by atoms with van der Waals surface area (Å²) in [5, 5.41) is 2.02. The van der Waals surface area contributed by atoms with Crippen molar-refractivity contribution in [2.45, 2.75) is 13.3 Å². The Kier molecular flexibility index (Phi) is 2.45. The van der Waals surface area contributed by atoms with Gasteiger partial charge in [-0.25, -0.2) is 4.90 Å². The molecule has 0 aromatic heterocycles. The van der Waals surface area contributed by atoms with Crippen molar-refractivity contribution in [1.82, 2.24) is 0 Å². The lowest BCUT2D eigenvalue weighted by Crippen LogP contribution is -2.33. The van der Waals surface area contributed by atoms with Crippen LogP contribution in [0, 0.1) is 23.7 Å². The first kappa shape index (κ1) is 13.1. The van der Waals surface area contributed by atoms with Gasteiger partial charge in [0.15, 0.2) is 0 Å². The number of amides is 2. The number of carbonyl (C=O) groups excluding carboxylic acids is 2. The van der Waals surface area contributed by atoms with Gasteiger partial charge in [0.25, 0.3) is 0 Å². The number of carbonyl (C=O) groups is 2. The molecule has 4 atom stereocenters. The SMILES string of the molecule is CC1=C[C@H]2C[C@@H]1[C@@H]1C(=O)N(c3cccc4ccccc34)C(=O)[C@@H]12. The van der Waals surface area contributed by atoms with Gasteiger partial charge in [-0.1, -0.05) is 48.0 Å². The highest BCUT2D eigenvalue weighted by Crippen LogP contribution is 2.56. The van der Waals surface area contributed by atoms with E-state index in [1.54, 1.807) is 0 Å². The van der Waals surface area contributed by atoms with Gasteiger partial charge in [-0.2, -0.15) is 0 Å². The summed E-state index contributed by atoms with van der Waals surface area (Å²) in [6, 6.07) is 13.7. The molecule has 0 spiro atoms. The molecule has 2 amide bonds. The maximum Gasteiger partial charge on any atom is 0.238 e. The van der Waals surface area contributed by atoms with Crippen molar-refractivity contribution in [3.05, 3.63) is 54.1 Å². The van der Waals surface area contributed by atoms with Crippen LogP contribution in [-0.4, -0.2) is 11.8 Å². The molecule has 5 rings (SSSR count). The standard InChI is InChI=1S/C20H17NO2/c1-11-9-13-10-15(11)18-17(13)19(22)21(20(18)23)16-8-4-6-12-5-2-3-7-14(12)16/h2-9,13,15,17-18H,10H2,1H3/t13-,15-,17+,18-/m0/s1. The van der Waals surface area contributed by atoms with Crippen LogP contribution in [0.1, 0.15) is 13.3 Å². The number of rotatable bonds is 1. The predicted molar refractivity (Wildman–Crippen MR) is 88.8 cm³/mol. The first-order valence-corrected chi connectivity index (χ1v) is 8.20. The topological polar surface area (TPSA) is 37.4 Å². The first-order valence-electron chi connectivity index (χ1n) is 8.20. The molecule has 1 saturated heterocycles. The van der Waals surface area contributed by atoms with Crippen molar-refractivity contribution in [3.63, 3.8) is 0 Å². The molecule has 23 heavy (non-hydrogen) atoms. The molecule has 2 fully saturated rings. The Morgan fingerprint density at radius 3 is 2.57 bits per heavy atom. The average Bonchev–Trinajstić information content (AvgIpc) is 3.18. The van der Waals surface area contributed by atoms with E-state index in [-0.39, 0.29) is 35.5 Å². The second kappa shape index (κ2) is 4.31. The Morgan fingerprint density at radius 1 is 0.957 bits per heavy atom. The van der Waals surface area contributed by atoms with Crippen LogP contribution >= 0.6 is 0 Å². The zero-order chi connectivity index (χ0) is 15.7. The van der Waals surface area contributed by atoms with Crippen molar-refractivity contribution in [2.24, 2.45) is 23.7 Å². The van der Waals surface area contributed by atoms with Crippen LogP contribution in [0.4, 0.5) is 5.69 Å². The van der Waals surface area contributed by atoms with Gasteiger partial charge in [-0.05, 0) is 36.6 Å². The molecule has 3 nitrogen and oxygen atoms in total. The fourth-order valence-corrected chi connectivity index (χ4v) is 4.92. The minimum Gasteiger partial charge on any atom is -0.274 e. The number of hydrogen-bond donors (Lipinski definition) is 0. The van der Waals surface area contributed by atoms with Gasteiger partial charge < -0.3 is 0 Å². The van der Waals surface area contributed by atoms with Gasteiger partial charge in [0.05, 0.1) is 17.5 Å². The molecule has 0 radical (unpaired) electrons. The highest BCUT2D eigenvalue weighted by Gasteiger charge is 2.61. The van der Waals surface area contributed by atoms with E-state index < -0.39 is 0 Å². The van der Waals surface area contributed by atoms with Gasteiger partial charge in [0.2, 0.25) is 11.8 Å². The lowest BCUT2D eigenvalue weighted by atomic mass is 9.82. The van der Waals surface area contributed by atoms with Crippen LogP contribution in [0.2, 0.25) is 0 Å². The van der Waals surface area contributed by atoms with Crippen LogP contribution < -0.4 is 4.90 Å². The minimum absolute atomic E-state index is 0.00342. The molecule has 2 bridgehead atoms. The fourth-order valence-electron chi connectivity index (χ4n) is 4.92. The summed E-state index contributed by atoms with van der Waals surface area (Å²) < 4.78 is 0. The summed E-state index contributed by atoms with van der Waals surface area (Å²) in [5.41, 5.74) is 2.03. The normalized spacial score (nSPS) is 31.9. The number of anilines is 1. The molecular formula is C20H17NO2. The monoisotopic (exact) mass is 303 g/mol. The van der Waals surface area contributed by atoms with E-state index in [1.165, 1.54) is 10.5 Å². The second-order valence-corrected chi connectivity index (χ2v) is 6.98. The van der Waals surface area contributed by atoms with Crippen LogP contribution in [0.15, 0.2) is 54.1 Å². The Hall–Kier alpha value is -2.42. The van der Waals surface area contributed by atoms with Crippen LogP contribution in [-0.2, 0) is 9.59 Å². The summed E-state index contributed by atoms with van der Waals surface area (Å²) in [7, 11) is 0. The summed E-state index contributed by atoms with van der Waals surface area (Å²) in [6.07, 6.45) is 3.19. The van der Waals surface area contributed by atoms with E-state index >= 15 is 0 Å². The summed E-state index contributed by atoms with van der Waals surface area (Å²) in [6.45, 7) is 2.10. The van der Waals surface area contributed by atoms with Crippen molar-refractivity contribution >= 4 is 28.3 Å². The Morgan fingerprint density at radius 2 is 1.70 bits per heavy atom. The van der Waals surface area contributed by atoms with Gasteiger partial charge in [-0.3, -0.25) is 9.59 Å².